The highest BCUT2D eigenvalue weighted by molar-refractivity contribution is 5.29. The molecule has 1 aliphatic heterocycles. The molecule has 1 fully saturated rings. The van der Waals surface area contributed by atoms with Crippen LogP contribution >= 0.6 is 0 Å². The zero-order valence-corrected chi connectivity index (χ0v) is 11.7. The van der Waals surface area contributed by atoms with Crippen molar-refractivity contribution < 1.29 is 0 Å². The third-order valence-electron chi connectivity index (χ3n) is 3.95. The van der Waals surface area contributed by atoms with Crippen LogP contribution in [-0.4, -0.2) is 39.0 Å². The highest BCUT2D eigenvalue weighted by atomic mass is 15.4. The Kier molecular flexibility index (Phi) is 4.08. The molecule has 5 nitrogen and oxygen atoms in total. The lowest BCUT2D eigenvalue weighted by Crippen LogP contribution is -2.43. The number of likely N-dealkylation sites (tertiary alicyclic amines) is 1. The number of hydrogen-bond acceptors (Lipinski definition) is 4. The molecule has 5 heteroatoms. The molecule has 0 radical (unpaired) electrons. The summed E-state index contributed by atoms with van der Waals surface area (Å²) in [7, 11) is 0. The van der Waals surface area contributed by atoms with Gasteiger partial charge in [-0.05, 0) is 31.5 Å². The predicted molar refractivity (Wildman–Crippen MR) is 78.5 cm³/mol. The van der Waals surface area contributed by atoms with E-state index in [4.69, 9.17) is 5.73 Å². The zero-order chi connectivity index (χ0) is 13.8. The fourth-order valence-electron chi connectivity index (χ4n) is 2.82. The van der Waals surface area contributed by atoms with Gasteiger partial charge in [-0.15, -0.1) is 5.10 Å². The van der Waals surface area contributed by atoms with Crippen molar-refractivity contribution in [3.05, 3.63) is 42.2 Å². The molecular formula is C15H21N5. The summed E-state index contributed by atoms with van der Waals surface area (Å²) in [6, 6.07) is 10.6. The Morgan fingerprint density at radius 3 is 2.85 bits per heavy atom. The summed E-state index contributed by atoms with van der Waals surface area (Å²) in [6.07, 6.45) is 5.75. The first-order valence-electron chi connectivity index (χ1n) is 7.27. The van der Waals surface area contributed by atoms with Crippen molar-refractivity contribution >= 4 is 0 Å². The molecule has 0 saturated carbocycles. The van der Waals surface area contributed by atoms with E-state index in [0.717, 1.165) is 31.0 Å². The molecule has 0 aliphatic carbocycles. The minimum Gasteiger partial charge on any atom is -0.329 e. The van der Waals surface area contributed by atoms with Gasteiger partial charge in [0.25, 0.3) is 0 Å². The van der Waals surface area contributed by atoms with Gasteiger partial charge >= 0.3 is 0 Å². The maximum absolute atomic E-state index is 5.86. The fraction of sp³-hybridized carbons (Fsp3) is 0.467. The van der Waals surface area contributed by atoms with Crippen LogP contribution in [0.25, 0.3) is 5.69 Å². The summed E-state index contributed by atoms with van der Waals surface area (Å²) in [5.74, 6) is 0. The van der Waals surface area contributed by atoms with Crippen LogP contribution in [-0.2, 0) is 6.54 Å². The maximum atomic E-state index is 5.86. The molecule has 2 heterocycles. The van der Waals surface area contributed by atoms with E-state index in [9.17, 15) is 0 Å². The molecular weight excluding hydrogens is 250 g/mol. The maximum Gasteiger partial charge on any atom is 0.0971 e. The second-order valence-electron chi connectivity index (χ2n) is 5.35. The topological polar surface area (TPSA) is 60.0 Å². The van der Waals surface area contributed by atoms with Crippen molar-refractivity contribution in [1.82, 2.24) is 19.9 Å². The number of aromatic nitrogens is 3. The molecule has 0 spiro atoms. The number of rotatable bonds is 4. The van der Waals surface area contributed by atoms with E-state index >= 15 is 0 Å². The zero-order valence-electron chi connectivity index (χ0n) is 11.7. The SMILES string of the molecule is NC[C@@H]1CCCCN1Cc1cn(-c2ccccc2)nn1. The molecule has 1 aliphatic rings. The second-order valence-corrected chi connectivity index (χ2v) is 5.35. The number of hydrogen-bond donors (Lipinski definition) is 1. The smallest absolute Gasteiger partial charge is 0.0971 e. The van der Waals surface area contributed by atoms with E-state index in [1.54, 1.807) is 0 Å². The van der Waals surface area contributed by atoms with Crippen molar-refractivity contribution in [3.63, 3.8) is 0 Å². The molecule has 0 unspecified atom stereocenters. The van der Waals surface area contributed by atoms with Gasteiger partial charge in [0.15, 0.2) is 0 Å². The highest BCUT2D eigenvalue weighted by Gasteiger charge is 2.21. The summed E-state index contributed by atoms with van der Waals surface area (Å²) in [4.78, 5) is 2.43. The van der Waals surface area contributed by atoms with Gasteiger partial charge in [0.1, 0.15) is 0 Å². The fourth-order valence-corrected chi connectivity index (χ4v) is 2.82. The van der Waals surface area contributed by atoms with E-state index in [-0.39, 0.29) is 0 Å². The van der Waals surface area contributed by atoms with Gasteiger partial charge in [-0.1, -0.05) is 29.8 Å². The Morgan fingerprint density at radius 1 is 1.20 bits per heavy atom. The summed E-state index contributed by atoms with van der Waals surface area (Å²) in [6.45, 7) is 2.68. The van der Waals surface area contributed by atoms with Gasteiger partial charge in [-0.25, -0.2) is 4.68 Å². The summed E-state index contributed by atoms with van der Waals surface area (Å²) < 4.78 is 1.83. The van der Waals surface area contributed by atoms with Crippen LogP contribution in [0.1, 0.15) is 25.0 Å². The van der Waals surface area contributed by atoms with Crippen molar-refractivity contribution in [2.45, 2.75) is 31.8 Å². The molecule has 1 aromatic heterocycles. The molecule has 1 saturated heterocycles. The standard InChI is InChI=1S/C15H21N5/c16-10-15-8-4-5-9-19(15)11-13-12-20(18-17-13)14-6-2-1-3-7-14/h1-3,6-7,12,15H,4-5,8-11,16H2/t15-/m0/s1. The van der Waals surface area contributed by atoms with Crippen LogP contribution in [0.5, 0.6) is 0 Å². The third-order valence-corrected chi connectivity index (χ3v) is 3.95. The van der Waals surface area contributed by atoms with Gasteiger partial charge in [-0.3, -0.25) is 4.90 Å². The van der Waals surface area contributed by atoms with Crippen molar-refractivity contribution in [3.8, 4) is 5.69 Å². The lowest BCUT2D eigenvalue weighted by Gasteiger charge is -2.34. The molecule has 2 N–H and O–H groups in total. The Labute approximate surface area is 119 Å². The summed E-state index contributed by atoms with van der Waals surface area (Å²) in [5.41, 5.74) is 7.91. The first-order valence-corrected chi connectivity index (χ1v) is 7.27. The van der Waals surface area contributed by atoms with Gasteiger partial charge in [0, 0.05) is 19.1 Å². The molecule has 0 amide bonds. The van der Waals surface area contributed by atoms with Crippen LogP contribution in [0.4, 0.5) is 0 Å². The Bertz CT molecular complexity index is 536. The molecule has 106 valence electrons. The van der Waals surface area contributed by atoms with Gasteiger partial charge < -0.3 is 5.73 Å². The minimum atomic E-state index is 0.491. The normalized spacial score (nSPS) is 20.1. The number of nitrogens with zero attached hydrogens (tertiary/aromatic N) is 4. The lowest BCUT2D eigenvalue weighted by molar-refractivity contribution is 0.143. The average molecular weight is 271 g/mol. The first-order chi connectivity index (χ1) is 9.86. The molecule has 2 aromatic rings. The van der Waals surface area contributed by atoms with Crippen molar-refractivity contribution in [2.75, 3.05) is 13.1 Å². The average Bonchev–Trinajstić information content (AvgIpc) is 2.97. The van der Waals surface area contributed by atoms with E-state index < -0.39 is 0 Å². The summed E-state index contributed by atoms with van der Waals surface area (Å²) >= 11 is 0. The first kappa shape index (κ1) is 13.3. The molecule has 1 aromatic carbocycles. The minimum absolute atomic E-state index is 0.491. The van der Waals surface area contributed by atoms with Crippen LogP contribution in [0, 0.1) is 0 Å². The van der Waals surface area contributed by atoms with E-state index in [1.807, 2.05) is 41.2 Å². The van der Waals surface area contributed by atoms with Crippen molar-refractivity contribution in [2.24, 2.45) is 5.73 Å². The number of benzene rings is 1. The largest absolute Gasteiger partial charge is 0.329 e. The van der Waals surface area contributed by atoms with Gasteiger partial charge in [0.2, 0.25) is 0 Å². The number of para-hydroxylation sites is 1. The quantitative estimate of drug-likeness (QED) is 0.917. The highest BCUT2D eigenvalue weighted by Crippen LogP contribution is 2.18. The monoisotopic (exact) mass is 271 g/mol. The van der Waals surface area contributed by atoms with Crippen LogP contribution in [0.15, 0.2) is 36.5 Å². The Morgan fingerprint density at radius 2 is 2.05 bits per heavy atom. The van der Waals surface area contributed by atoms with Gasteiger partial charge in [-0.2, -0.15) is 0 Å². The molecule has 20 heavy (non-hydrogen) atoms. The third kappa shape index (κ3) is 2.89. The molecule has 3 rings (SSSR count). The Balaban J connectivity index is 1.71. The molecule has 1 atom stereocenters. The second kappa shape index (κ2) is 6.15. The van der Waals surface area contributed by atoms with E-state index in [2.05, 4.69) is 15.2 Å². The number of piperidine rings is 1. The van der Waals surface area contributed by atoms with Crippen LogP contribution in [0.3, 0.4) is 0 Å². The Hall–Kier alpha value is -1.72. The summed E-state index contributed by atoms with van der Waals surface area (Å²) in [5, 5.41) is 8.50. The molecule has 0 bridgehead atoms. The van der Waals surface area contributed by atoms with Crippen LogP contribution < -0.4 is 5.73 Å². The lowest BCUT2D eigenvalue weighted by atomic mass is 10.0. The van der Waals surface area contributed by atoms with E-state index in [1.165, 1.54) is 19.3 Å². The predicted octanol–water partition coefficient (Wildman–Crippen LogP) is 1.58. The van der Waals surface area contributed by atoms with Crippen LogP contribution in [0.2, 0.25) is 0 Å². The number of nitrogens with two attached hydrogens (primary N) is 1. The van der Waals surface area contributed by atoms with Gasteiger partial charge in [0.05, 0.1) is 17.6 Å². The van der Waals surface area contributed by atoms with E-state index in [0.29, 0.717) is 6.04 Å². The van der Waals surface area contributed by atoms with Crippen molar-refractivity contribution in [1.29, 1.82) is 0 Å².